The second kappa shape index (κ2) is 4.97. The zero-order valence-electron chi connectivity index (χ0n) is 9.56. The van der Waals surface area contributed by atoms with Crippen LogP contribution in [0.4, 0.5) is 4.39 Å². The highest BCUT2D eigenvalue weighted by molar-refractivity contribution is 5.29. The van der Waals surface area contributed by atoms with Crippen LogP contribution in [0.3, 0.4) is 0 Å². The fourth-order valence-corrected chi connectivity index (χ4v) is 1.50. The fourth-order valence-electron chi connectivity index (χ4n) is 1.50. The summed E-state index contributed by atoms with van der Waals surface area (Å²) in [5.74, 6) is -0.164. The molecule has 0 aliphatic rings. The highest BCUT2D eigenvalue weighted by atomic mass is 19.1. The topological polar surface area (TPSA) is 53.1 Å². The Morgan fingerprint density at radius 3 is 2.82 bits per heavy atom. The highest BCUT2D eigenvalue weighted by Gasteiger charge is 2.05. The largest absolute Gasteiger partial charge is 0.486 e. The van der Waals surface area contributed by atoms with Crippen LogP contribution in [0, 0.1) is 5.82 Å². The van der Waals surface area contributed by atoms with Crippen molar-refractivity contribution in [3.05, 3.63) is 47.5 Å². The SMILES string of the molecule is Cn1cc(COc2ccc(CN)cc2F)cn1. The standard InChI is InChI=1S/C12H14FN3O/c1-16-7-10(6-15-16)8-17-12-3-2-9(5-14)4-11(12)13/h2-4,6-7H,5,8,14H2,1H3. The molecule has 4 nitrogen and oxygen atoms in total. The van der Waals surface area contributed by atoms with E-state index in [1.165, 1.54) is 6.07 Å². The highest BCUT2D eigenvalue weighted by Crippen LogP contribution is 2.19. The molecule has 1 aromatic carbocycles. The molecule has 0 unspecified atom stereocenters. The average Bonchev–Trinajstić information content (AvgIpc) is 2.73. The molecule has 0 fully saturated rings. The maximum atomic E-state index is 13.5. The van der Waals surface area contributed by atoms with E-state index in [2.05, 4.69) is 5.10 Å². The molecule has 0 saturated heterocycles. The van der Waals surface area contributed by atoms with Crippen molar-refractivity contribution < 1.29 is 9.13 Å². The summed E-state index contributed by atoms with van der Waals surface area (Å²) in [4.78, 5) is 0. The molecule has 1 aromatic heterocycles. The van der Waals surface area contributed by atoms with Crippen LogP contribution in [0.5, 0.6) is 5.75 Å². The molecule has 5 heteroatoms. The van der Waals surface area contributed by atoms with Crippen molar-refractivity contribution in [1.29, 1.82) is 0 Å². The van der Waals surface area contributed by atoms with E-state index in [0.29, 0.717) is 13.2 Å². The minimum Gasteiger partial charge on any atom is -0.486 e. The Balaban J connectivity index is 2.04. The first kappa shape index (κ1) is 11.6. The first-order valence-electron chi connectivity index (χ1n) is 5.28. The van der Waals surface area contributed by atoms with Crippen LogP contribution in [0.1, 0.15) is 11.1 Å². The number of ether oxygens (including phenoxy) is 1. The van der Waals surface area contributed by atoms with Crippen molar-refractivity contribution in [2.45, 2.75) is 13.2 Å². The van der Waals surface area contributed by atoms with Gasteiger partial charge < -0.3 is 10.5 Å². The molecule has 0 spiro atoms. The molecule has 1 heterocycles. The number of hydrogen-bond donors (Lipinski definition) is 1. The lowest BCUT2D eigenvalue weighted by molar-refractivity contribution is 0.290. The van der Waals surface area contributed by atoms with Crippen molar-refractivity contribution in [2.75, 3.05) is 0 Å². The summed E-state index contributed by atoms with van der Waals surface area (Å²) in [7, 11) is 1.82. The quantitative estimate of drug-likeness (QED) is 0.875. The van der Waals surface area contributed by atoms with E-state index in [9.17, 15) is 4.39 Å². The van der Waals surface area contributed by atoms with Gasteiger partial charge in [-0.3, -0.25) is 4.68 Å². The Labute approximate surface area is 98.8 Å². The van der Waals surface area contributed by atoms with Crippen LogP contribution in [0.15, 0.2) is 30.6 Å². The maximum Gasteiger partial charge on any atom is 0.165 e. The monoisotopic (exact) mass is 235 g/mol. The number of halogens is 1. The van der Waals surface area contributed by atoms with E-state index in [1.807, 2.05) is 13.2 Å². The van der Waals surface area contributed by atoms with Gasteiger partial charge in [-0.25, -0.2) is 4.39 Å². The summed E-state index contributed by atoms with van der Waals surface area (Å²) in [6, 6.07) is 4.73. The van der Waals surface area contributed by atoms with Crippen LogP contribution in [0.25, 0.3) is 0 Å². The lowest BCUT2D eigenvalue weighted by Crippen LogP contribution is -2.00. The molecule has 0 aliphatic carbocycles. The lowest BCUT2D eigenvalue weighted by Gasteiger charge is -2.06. The summed E-state index contributed by atoms with van der Waals surface area (Å²) in [5, 5.41) is 4.01. The van der Waals surface area contributed by atoms with Crippen LogP contribution in [-0.4, -0.2) is 9.78 Å². The third kappa shape index (κ3) is 2.82. The third-order valence-electron chi connectivity index (χ3n) is 2.38. The van der Waals surface area contributed by atoms with Gasteiger partial charge in [-0.15, -0.1) is 0 Å². The summed E-state index contributed by atoms with van der Waals surface area (Å²) >= 11 is 0. The minimum atomic E-state index is -0.392. The predicted octanol–water partition coefficient (Wildman–Crippen LogP) is 1.60. The van der Waals surface area contributed by atoms with Gasteiger partial charge in [0.05, 0.1) is 6.20 Å². The molecule has 0 radical (unpaired) electrons. The van der Waals surface area contributed by atoms with Gasteiger partial charge in [-0.05, 0) is 17.7 Å². The lowest BCUT2D eigenvalue weighted by atomic mass is 10.2. The number of nitrogens with zero attached hydrogens (tertiary/aromatic N) is 2. The predicted molar refractivity (Wildman–Crippen MR) is 61.8 cm³/mol. The zero-order chi connectivity index (χ0) is 12.3. The summed E-state index contributed by atoms with van der Waals surface area (Å²) in [5.41, 5.74) is 7.06. The van der Waals surface area contributed by atoms with E-state index < -0.39 is 5.82 Å². The Bertz CT molecular complexity index is 510. The van der Waals surface area contributed by atoms with E-state index in [-0.39, 0.29) is 5.75 Å². The van der Waals surface area contributed by atoms with Crippen molar-refractivity contribution in [1.82, 2.24) is 9.78 Å². The Morgan fingerprint density at radius 1 is 1.41 bits per heavy atom. The number of aryl methyl sites for hydroxylation is 1. The number of nitrogens with two attached hydrogens (primary N) is 1. The smallest absolute Gasteiger partial charge is 0.165 e. The van der Waals surface area contributed by atoms with Crippen molar-refractivity contribution >= 4 is 0 Å². The van der Waals surface area contributed by atoms with Gasteiger partial charge in [-0.1, -0.05) is 6.07 Å². The fraction of sp³-hybridized carbons (Fsp3) is 0.250. The van der Waals surface area contributed by atoms with Crippen molar-refractivity contribution in [3.8, 4) is 5.75 Å². The van der Waals surface area contributed by atoms with Crippen molar-refractivity contribution in [2.24, 2.45) is 12.8 Å². The molecule has 2 N–H and O–H groups in total. The van der Waals surface area contributed by atoms with Crippen molar-refractivity contribution in [3.63, 3.8) is 0 Å². The molecule has 2 rings (SSSR count). The summed E-state index contributed by atoms with van der Waals surface area (Å²) in [6.07, 6.45) is 3.51. The second-order valence-corrected chi connectivity index (χ2v) is 3.78. The third-order valence-corrected chi connectivity index (χ3v) is 2.38. The Morgan fingerprint density at radius 2 is 2.24 bits per heavy atom. The molecule has 17 heavy (non-hydrogen) atoms. The van der Waals surface area contributed by atoms with E-state index in [0.717, 1.165) is 11.1 Å². The molecule has 0 atom stereocenters. The number of aromatic nitrogens is 2. The molecule has 0 saturated carbocycles. The molecular formula is C12H14FN3O. The summed E-state index contributed by atoms with van der Waals surface area (Å²) < 4.78 is 20.6. The van der Waals surface area contributed by atoms with Crippen LogP contribution in [-0.2, 0) is 20.2 Å². The molecule has 2 aromatic rings. The van der Waals surface area contributed by atoms with Crippen LogP contribution < -0.4 is 10.5 Å². The molecule has 0 bridgehead atoms. The molecular weight excluding hydrogens is 221 g/mol. The van der Waals surface area contributed by atoms with E-state index in [4.69, 9.17) is 10.5 Å². The Kier molecular flexibility index (Phi) is 3.39. The number of hydrogen-bond acceptors (Lipinski definition) is 3. The first-order chi connectivity index (χ1) is 8.19. The van der Waals surface area contributed by atoms with Gasteiger partial charge in [0.1, 0.15) is 6.61 Å². The Hall–Kier alpha value is -1.88. The number of benzene rings is 1. The van der Waals surface area contributed by atoms with Gasteiger partial charge in [0, 0.05) is 25.4 Å². The zero-order valence-corrected chi connectivity index (χ0v) is 9.56. The molecule has 90 valence electrons. The molecule has 0 amide bonds. The average molecular weight is 235 g/mol. The van der Waals surface area contributed by atoms with Crippen LogP contribution >= 0.6 is 0 Å². The van der Waals surface area contributed by atoms with Gasteiger partial charge in [-0.2, -0.15) is 5.10 Å². The molecule has 0 aliphatic heterocycles. The minimum absolute atomic E-state index is 0.228. The van der Waals surface area contributed by atoms with E-state index >= 15 is 0 Å². The van der Waals surface area contributed by atoms with Gasteiger partial charge in [0.25, 0.3) is 0 Å². The first-order valence-corrected chi connectivity index (χ1v) is 5.28. The van der Waals surface area contributed by atoms with E-state index in [1.54, 1.807) is 23.0 Å². The van der Waals surface area contributed by atoms with Gasteiger partial charge in [0.2, 0.25) is 0 Å². The number of rotatable bonds is 4. The normalized spacial score (nSPS) is 10.5. The maximum absolute atomic E-state index is 13.5. The summed E-state index contributed by atoms with van der Waals surface area (Å²) in [6.45, 7) is 0.618. The van der Waals surface area contributed by atoms with Gasteiger partial charge >= 0.3 is 0 Å². The second-order valence-electron chi connectivity index (χ2n) is 3.78. The van der Waals surface area contributed by atoms with Crippen LogP contribution in [0.2, 0.25) is 0 Å². The van der Waals surface area contributed by atoms with Gasteiger partial charge in [0.15, 0.2) is 11.6 Å².